The first-order valence-electron chi connectivity index (χ1n) is 9.57. The molecule has 29 heavy (non-hydrogen) atoms. The van der Waals surface area contributed by atoms with Gasteiger partial charge in [-0.05, 0) is 23.5 Å². The summed E-state index contributed by atoms with van der Waals surface area (Å²) in [5.41, 5.74) is 1.89. The molecule has 0 aliphatic rings. The van der Waals surface area contributed by atoms with Crippen LogP contribution in [0, 0.1) is 5.41 Å². The Hall–Kier alpha value is -2.60. The molecule has 154 valence electrons. The molecule has 0 fully saturated rings. The Morgan fingerprint density at radius 3 is 2.28 bits per heavy atom. The average Bonchev–Trinajstić information content (AvgIpc) is 2.98. The summed E-state index contributed by atoms with van der Waals surface area (Å²) in [5, 5.41) is 3.71. The Morgan fingerprint density at radius 2 is 1.66 bits per heavy atom. The van der Waals surface area contributed by atoms with Crippen molar-refractivity contribution in [1.82, 2.24) is 5.32 Å². The molecule has 1 unspecified atom stereocenters. The van der Waals surface area contributed by atoms with Gasteiger partial charge in [0, 0.05) is 17.2 Å². The van der Waals surface area contributed by atoms with Gasteiger partial charge < -0.3 is 9.73 Å². The van der Waals surface area contributed by atoms with Gasteiger partial charge in [-0.25, -0.2) is 8.42 Å². The Bertz CT molecular complexity index is 1110. The van der Waals surface area contributed by atoms with Gasteiger partial charge in [0.05, 0.1) is 11.8 Å². The highest BCUT2D eigenvalue weighted by molar-refractivity contribution is 7.89. The van der Waals surface area contributed by atoms with Crippen LogP contribution in [0.1, 0.15) is 54.9 Å². The van der Waals surface area contributed by atoms with Crippen molar-refractivity contribution in [2.45, 2.75) is 39.0 Å². The molecule has 6 heteroatoms. The van der Waals surface area contributed by atoms with E-state index in [9.17, 15) is 13.2 Å². The van der Waals surface area contributed by atoms with Gasteiger partial charge in [0.15, 0.2) is 15.6 Å². The second kappa shape index (κ2) is 8.03. The first-order valence-corrected chi connectivity index (χ1v) is 11.6. The van der Waals surface area contributed by atoms with Crippen LogP contribution in [-0.2, 0) is 15.6 Å². The van der Waals surface area contributed by atoms with Gasteiger partial charge in [0.2, 0.25) is 0 Å². The van der Waals surface area contributed by atoms with Gasteiger partial charge in [-0.1, -0.05) is 69.3 Å². The largest absolute Gasteiger partial charge is 0.451 e. The fourth-order valence-corrected chi connectivity index (χ4v) is 4.27. The monoisotopic (exact) mass is 413 g/mol. The molecule has 0 radical (unpaired) electrons. The van der Waals surface area contributed by atoms with E-state index in [4.69, 9.17) is 4.42 Å². The summed E-state index contributed by atoms with van der Waals surface area (Å²) in [6.45, 7) is 6.35. The first-order chi connectivity index (χ1) is 13.5. The number of rotatable bonds is 6. The van der Waals surface area contributed by atoms with Crippen molar-refractivity contribution in [3.8, 4) is 0 Å². The lowest BCUT2D eigenvalue weighted by Gasteiger charge is -2.27. The van der Waals surface area contributed by atoms with Gasteiger partial charge in [-0.3, -0.25) is 4.79 Å². The van der Waals surface area contributed by atoms with Gasteiger partial charge in [-0.15, -0.1) is 0 Å². The Kier molecular flexibility index (Phi) is 5.85. The van der Waals surface area contributed by atoms with Crippen molar-refractivity contribution in [3.63, 3.8) is 0 Å². The maximum absolute atomic E-state index is 13.2. The van der Waals surface area contributed by atoms with E-state index in [2.05, 4.69) is 26.1 Å². The van der Waals surface area contributed by atoms with E-state index < -0.39 is 15.7 Å². The quantitative estimate of drug-likeness (QED) is 0.624. The van der Waals surface area contributed by atoms with Crippen molar-refractivity contribution in [1.29, 1.82) is 0 Å². The molecule has 0 bridgehead atoms. The van der Waals surface area contributed by atoms with E-state index in [0.717, 1.165) is 18.2 Å². The minimum Gasteiger partial charge on any atom is -0.451 e. The SMILES string of the molecule is CC(C)(C)CC(NC(=O)c1oc2ccccc2c1CS(C)(=O)=O)c1ccccc1. The van der Waals surface area contributed by atoms with Gasteiger partial charge in [0.25, 0.3) is 5.91 Å². The predicted molar refractivity (Wildman–Crippen MR) is 115 cm³/mol. The molecule has 1 amide bonds. The topological polar surface area (TPSA) is 76.4 Å². The molecule has 3 rings (SSSR count). The molecule has 3 aromatic rings. The van der Waals surface area contributed by atoms with E-state index in [1.165, 1.54) is 0 Å². The van der Waals surface area contributed by atoms with E-state index in [0.29, 0.717) is 16.5 Å². The lowest BCUT2D eigenvalue weighted by Crippen LogP contribution is -2.31. The number of amides is 1. The second-order valence-corrected chi connectivity index (χ2v) is 10.8. The number of nitrogens with one attached hydrogen (secondary N) is 1. The van der Waals surface area contributed by atoms with Gasteiger partial charge in [-0.2, -0.15) is 0 Å². The smallest absolute Gasteiger partial charge is 0.287 e. The molecule has 0 saturated carbocycles. The zero-order chi connectivity index (χ0) is 21.2. The summed E-state index contributed by atoms with van der Waals surface area (Å²) in [5.74, 6) is -0.591. The van der Waals surface area contributed by atoms with Crippen LogP contribution in [0.5, 0.6) is 0 Å². The number of hydrogen-bond acceptors (Lipinski definition) is 4. The molecule has 2 aromatic carbocycles. The zero-order valence-corrected chi connectivity index (χ0v) is 18.0. The maximum atomic E-state index is 13.2. The summed E-state index contributed by atoms with van der Waals surface area (Å²) in [4.78, 5) is 13.2. The standard InChI is InChI=1S/C23H27NO4S/c1-23(2,3)14-19(16-10-6-5-7-11-16)24-22(25)21-18(15-29(4,26)27)17-12-8-9-13-20(17)28-21/h5-13,19H,14-15H2,1-4H3,(H,24,25). The van der Waals surface area contributed by atoms with Crippen molar-refractivity contribution in [3.05, 3.63) is 71.5 Å². The number of sulfone groups is 1. The number of carbonyl (C=O) groups is 1. The van der Waals surface area contributed by atoms with E-state index in [1.807, 2.05) is 30.3 Å². The normalized spacial score (nSPS) is 13.4. The summed E-state index contributed by atoms with van der Waals surface area (Å²) in [6, 6.07) is 16.7. The van der Waals surface area contributed by atoms with Crippen LogP contribution in [0.3, 0.4) is 0 Å². The summed E-state index contributed by atoms with van der Waals surface area (Å²) in [6.07, 6.45) is 1.88. The number of benzene rings is 2. The fraction of sp³-hybridized carbons (Fsp3) is 0.348. The lowest BCUT2D eigenvalue weighted by atomic mass is 9.85. The molecule has 1 aromatic heterocycles. The van der Waals surface area contributed by atoms with E-state index >= 15 is 0 Å². The van der Waals surface area contributed by atoms with Gasteiger partial charge >= 0.3 is 0 Å². The fourth-order valence-electron chi connectivity index (χ4n) is 3.46. The third-order valence-corrected chi connectivity index (χ3v) is 5.45. The Labute approximate surface area is 172 Å². The number of carbonyl (C=O) groups excluding carboxylic acids is 1. The highest BCUT2D eigenvalue weighted by Crippen LogP contribution is 2.31. The molecule has 5 nitrogen and oxygen atoms in total. The molecule has 0 spiro atoms. The lowest BCUT2D eigenvalue weighted by molar-refractivity contribution is 0.0899. The third-order valence-electron chi connectivity index (χ3n) is 4.63. The molecule has 1 atom stereocenters. The Balaban J connectivity index is 2.00. The van der Waals surface area contributed by atoms with Crippen LogP contribution >= 0.6 is 0 Å². The number of furan rings is 1. The number of fused-ring (bicyclic) bond motifs is 1. The minimum atomic E-state index is -3.34. The summed E-state index contributed by atoms with van der Waals surface area (Å²) < 4.78 is 29.7. The van der Waals surface area contributed by atoms with E-state index in [1.54, 1.807) is 24.3 Å². The van der Waals surface area contributed by atoms with Crippen molar-refractivity contribution in [2.24, 2.45) is 5.41 Å². The highest BCUT2D eigenvalue weighted by Gasteiger charge is 2.27. The Morgan fingerprint density at radius 1 is 1.03 bits per heavy atom. The predicted octanol–water partition coefficient (Wildman–Crippen LogP) is 4.88. The molecule has 0 aliphatic carbocycles. The first kappa shape index (κ1) is 21.1. The molecular weight excluding hydrogens is 386 g/mol. The molecular formula is C23H27NO4S. The van der Waals surface area contributed by atoms with Crippen molar-refractivity contribution < 1.29 is 17.6 Å². The average molecular weight is 414 g/mol. The third kappa shape index (κ3) is 5.48. The van der Waals surface area contributed by atoms with Crippen LogP contribution in [-0.4, -0.2) is 20.6 Å². The summed E-state index contributed by atoms with van der Waals surface area (Å²) >= 11 is 0. The molecule has 0 saturated heterocycles. The van der Waals surface area contributed by atoms with E-state index in [-0.39, 0.29) is 23.0 Å². The van der Waals surface area contributed by atoms with Crippen LogP contribution in [0.4, 0.5) is 0 Å². The van der Waals surface area contributed by atoms with Crippen LogP contribution < -0.4 is 5.32 Å². The molecule has 1 N–H and O–H groups in total. The van der Waals surface area contributed by atoms with Crippen LogP contribution in [0.25, 0.3) is 11.0 Å². The van der Waals surface area contributed by atoms with Gasteiger partial charge in [0.1, 0.15) is 5.58 Å². The number of para-hydroxylation sites is 1. The maximum Gasteiger partial charge on any atom is 0.287 e. The summed E-state index contributed by atoms with van der Waals surface area (Å²) in [7, 11) is -3.34. The van der Waals surface area contributed by atoms with Crippen molar-refractivity contribution in [2.75, 3.05) is 6.26 Å². The minimum absolute atomic E-state index is 0.0166. The zero-order valence-electron chi connectivity index (χ0n) is 17.2. The highest BCUT2D eigenvalue weighted by atomic mass is 32.2. The van der Waals surface area contributed by atoms with Crippen LogP contribution in [0.2, 0.25) is 0 Å². The van der Waals surface area contributed by atoms with Crippen molar-refractivity contribution >= 4 is 26.7 Å². The van der Waals surface area contributed by atoms with Crippen LogP contribution in [0.15, 0.2) is 59.0 Å². The second-order valence-electron chi connectivity index (χ2n) is 8.68. The molecule has 0 aliphatic heterocycles. The molecule has 1 heterocycles. The number of hydrogen-bond donors (Lipinski definition) is 1.